The van der Waals surface area contributed by atoms with Crippen LogP contribution in [0.1, 0.15) is 57.2 Å². The third kappa shape index (κ3) is 6.43. The molecule has 1 aliphatic heterocycles. The molecule has 2 heterocycles. The molecule has 1 aromatic heterocycles. The molecule has 4 rings (SSSR count). The number of unbranched alkanes of at least 4 members (excludes halogenated alkanes) is 5. The van der Waals surface area contributed by atoms with Crippen molar-refractivity contribution in [3.8, 4) is 11.6 Å². The van der Waals surface area contributed by atoms with E-state index in [2.05, 4.69) is 36.1 Å². The van der Waals surface area contributed by atoms with Crippen LogP contribution in [0.15, 0.2) is 60.0 Å². The van der Waals surface area contributed by atoms with Gasteiger partial charge in [-0.3, -0.25) is 9.36 Å². The van der Waals surface area contributed by atoms with Crippen LogP contribution in [0.3, 0.4) is 0 Å². The van der Waals surface area contributed by atoms with Crippen LogP contribution in [0.25, 0.3) is 10.8 Å². The van der Waals surface area contributed by atoms with Crippen LogP contribution < -0.4 is 9.64 Å². The molecule has 0 unspecified atom stereocenters. The van der Waals surface area contributed by atoms with E-state index in [0.29, 0.717) is 15.3 Å². The lowest BCUT2D eigenvalue weighted by molar-refractivity contribution is -0.137. The van der Waals surface area contributed by atoms with Gasteiger partial charge in [-0.25, -0.2) is 0 Å². The molecule has 8 heteroatoms. The van der Waals surface area contributed by atoms with Gasteiger partial charge in [-0.15, -0.1) is 11.3 Å². The number of nitrogens with zero attached hydrogens (tertiary/aromatic N) is 2. The summed E-state index contributed by atoms with van der Waals surface area (Å²) >= 11 is 6.49. The quantitative estimate of drug-likeness (QED) is 0.181. The lowest BCUT2D eigenvalue weighted by atomic mass is 10.1. The Bertz CT molecular complexity index is 1390. The molecule has 2 N–H and O–H groups in total. The molecule has 0 aliphatic carbocycles. The maximum absolute atomic E-state index is 11.1. The third-order valence-electron chi connectivity index (χ3n) is 6.54. The van der Waals surface area contributed by atoms with Crippen LogP contribution in [0.4, 0.5) is 5.69 Å². The van der Waals surface area contributed by atoms with Gasteiger partial charge in [0.05, 0.1) is 10.6 Å². The van der Waals surface area contributed by atoms with Gasteiger partial charge in [0, 0.05) is 18.4 Å². The number of carboxylic acid groups (broad SMARTS) is 1. The number of carbonyl (C=O) groups is 1. The highest BCUT2D eigenvalue weighted by atomic mass is 32.1. The van der Waals surface area contributed by atoms with Crippen molar-refractivity contribution >= 4 is 46.0 Å². The number of hydrogen-bond donors (Lipinski definition) is 2. The van der Waals surface area contributed by atoms with Gasteiger partial charge in [0.25, 0.3) is 0 Å². The molecule has 0 spiro atoms. The fourth-order valence-corrected chi connectivity index (χ4v) is 6.02. The summed E-state index contributed by atoms with van der Waals surface area (Å²) in [5, 5.41) is 21.8. The Kier molecular flexibility index (Phi) is 9.05. The largest absolute Gasteiger partial charge is 0.494 e. The SMILES string of the molecule is CCCCCCCCN1C(=CC=C(C)Cc2sc(=S)n(CC(=O)O)c2O)Oc2c1ccc1ccccc21. The number of allylic oxidation sites excluding steroid dienone is 3. The average molecular weight is 539 g/mol. The number of fused-ring (bicyclic) bond motifs is 3. The van der Waals surface area contributed by atoms with E-state index in [1.807, 2.05) is 31.2 Å². The Morgan fingerprint density at radius 1 is 1.11 bits per heavy atom. The van der Waals surface area contributed by atoms with Gasteiger partial charge in [0.1, 0.15) is 6.54 Å². The van der Waals surface area contributed by atoms with Crippen molar-refractivity contribution in [3.05, 3.63) is 68.8 Å². The first-order valence-electron chi connectivity index (χ1n) is 12.9. The highest BCUT2D eigenvalue weighted by molar-refractivity contribution is 7.73. The van der Waals surface area contributed by atoms with Crippen LogP contribution in [0, 0.1) is 3.95 Å². The van der Waals surface area contributed by atoms with E-state index < -0.39 is 5.97 Å². The number of aromatic hydroxyl groups is 1. The number of aromatic nitrogens is 1. The van der Waals surface area contributed by atoms with Gasteiger partial charge < -0.3 is 19.8 Å². The molecule has 1 aliphatic rings. The minimum absolute atomic E-state index is 0.0708. The second kappa shape index (κ2) is 12.4. The summed E-state index contributed by atoms with van der Waals surface area (Å²) in [7, 11) is 0. The first-order valence-corrected chi connectivity index (χ1v) is 14.1. The second-order valence-corrected chi connectivity index (χ2v) is 11.2. The van der Waals surface area contributed by atoms with Crippen molar-refractivity contribution in [1.29, 1.82) is 0 Å². The monoisotopic (exact) mass is 538 g/mol. The number of thiazole rings is 1. The zero-order chi connectivity index (χ0) is 26.4. The van der Waals surface area contributed by atoms with E-state index in [9.17, 15) is 9.90 Å². The van der Waals surface area contributed by atoms with E-state index >= 15 is 0 Å². The van der Waals surface area contributed by atoms with Crippen molar-refractivity contribution in [2.75, 3.05) is 11.4 Å². The van der Waals surface area contributed by atoms with Crippen LogP contribution in [0.2, 0.25) is 0 Å². The summed E-state index contributed by atoms with van der Waals surface area (Å²) in [6, 6.07) is 12.6. The zero-order valence-electron chi connectivity index (χ0n) is 21.4. The van der Waals surface area contributed by atoms with Gasteiger partial charge in [-0.1, -0.05) is 81.0 Å². The maximum atomic E-state index is 11.1. The predicted molar refractivity (Wildman–Crippen MR) is 153 cm³/mol. The number of benzene rings is 2. The maximum Gasteiger partial charge on any atom is 0.323 e. The number of carboxylic acids is 1. The first kappa shape index (κ1) is 26.9. The molecule has 0 amide bonds. The second-order valence-electron chi connectivity index (χ2n) is 9.45. The standard InChI is InChI=1S/C29H34N2O4S2/c1-3-4-5-6-7-10-17-30-23-15-14-21-11-8-9-12-22(21)27(23)35-25(30)16-13-20(2)18-24-28(34)31(19-26(32)33)29(36)37-24/h8-9,11-16,34H,3-7,10,17-19H2,1-2H3,(H,32,33). The molecular formula is C29H34N2O4S2. The normalized spacial score (nSPS) is 14.4. The summed E-state index contributed by atoms with van der Waals surface area (Å²) < 4.78 is 8.04. The molecule has 3 aromatic rings. The van der Waals surface area contributed by atoms with E-state index in [4.69, 9.17) is 22.1 Å². The topological polar surface area (TPSA) is 74.9 Å². The van der Waals surface area contributed by atoms with Crippen LogP contribution in [-0.2, 0) is 17.8 Å². The Hall–Kier alpha value is -3.10. The fourth-order valence-electron chi connectivity index (χ4n) is 4.59. The number of hydrogen-bond acceptors (Lipinski definition) is 6. The minimum Gasteiger partial charge on any atom is -0.494 e. The summed E-state index contributed by atoms with van der Waals surface area (Å²) in [5.74, 6) is 0.574. The first-order chi connectivity index (χ1) is 17.9. The highest BCUT2D eigenvalue weighted by Crippen LogP contribution is 2.44. The average Bonchev–Trinajstić information content (AvgIpc) is 3.36. The lowest BCUT2D eigenvalue weighted by Crippen LogP contribution is -2.21. The molecule has 0 fully saturated rings. The zero-order valence-corrected chi connectivity index (χ0v) is 23.0. The van der Waals surface area contributed by atoms with Gasteiger partial charge in [0.2, 0.25) is 11.8 Å². The Morgan fingerprint density at radius 2 is 1.86 bits per heavy atom. The molecule has 37 heavy (non-hydrogen) atoms. The third-order valence-corrected chi connectivity index (χ3v) is 7.98. The van der Waals surface area contributed by atoms with Crippen molar-refractivity contribution < 1.29 is 19.7 Å². The van der Waals surface area contributed by atoms with Crippen LogP contribution in [-0.4, -0.2) is 27.3 Å². The lowest BCUT2D eigenvalue weighted by Gasteiger charge is -2.18. The smallest absolute Gasteiger partial charge is 0.323 e. The molecule has 196 valence electrons. The molecule has 0 atom stereocenters. The predicted octanol–water partition coefficient (Wildman–Crippen LogP) is 7.81. The Balaban J connectivity index is 1.55. The number of aliphatic carboxylic acids is 1. The van der Waals surface area contributed by atoms with Gasteiger partial charge >= 0.3 is 5.97 Å². The number of anilines is 1. The summed E-state index contributed by atoms with van der Waals surface area (Å²) in [5.41, 5.74) is 2.09. The Morgan fingerprint density at radius 3 is 2.65 bits per heavy atom. The van der Waals surface area contributed by atoms with Crippen molar-refractivity contribution in [3.63, 3.8) is 0 Å². The minimum atomic E-state index is -1.04. The molecule has 2 aromatic carbocycles. The number of ether oxygens (including phenoxy) is 1. The molecular weight excluding hydrogens is 504 g/mol. The summed E-state index contributed by atoms with van der Waals surface area (Å²) in [4.78, 5) is 14.0. The Labute approximate surface area is 227 Å². The molecule has 0 radical (unpaired) electrons. The van der Waals surface area contributed by atoms with Gasteiger partial charge in [-0.2, -0.15) is 0 Å². The van der Waals surface area contributed by atoms with E-state index in [0.717, 1.165) is 46.6 Å². The molecule has 0 bridgehead atoms. The van der Waals surface area contributed by atoms with Crippen molar-refractivity contribution in [2.24, 2.45) is 0 Å². The van der Waals surface area contributed by atoms with E-state index in [1.165, 1.54) is 48.0 Å². The van der Waals surface area contributed by atoms with Crippen molar-refractivity contribution in [1.82, 2.24) is 4.57 Å². The molecule has 6 nitrogen and oxygen atoms in total. The molecule has 0 saturated heterocycles. The van der Waals surface area contributed by atoms with E-state index in [-0.39, 0.29) is 12.4 Å². The molecule has 0 saturated carbocycles. The van der Waals surface area contributed by atoms with Gasteiger partial charge in [-0.05, 0) is 43.1 Å². The van der Waals surface area contributed by atoms with Crippen LogP contribution >= 0.6 is 23.6 Å². The highest BCUT2D eigenvalue weighted by Gasteiger charge is 2.27. The fraction of sp³-hybridized carbons (Fsp3) is 0.379. The van der Waals surface area contributed by atoms with Crippen molar-refractivity contribution in [2.45, 2.75) is 65.3 Å². The van der Waals surface area contributed by atoms with E-state index in [1.54, 1.807) is 0 Å². The summed E-state index contributed by atoms with van der Waals surface area (Å²) in [6.07, 6.45) is 11.8. The summed E-state index contributed by atoms with van der Waals surface area (Å²) in [6.45, 7) is 4.76. The number of rotatable bonds is 12. The van der Waals surface area contributed by atoms with Crippen LogP contribution in [0.5, 0.6) is 11.6 Å². The van der Waals surface area contributed by atoms with Gasteiger partial charge in [0.15, 0.2) is 9.70 Å².